The summed E-state index contributed by atoms with van der Waals surface area (Å²) in [5.74, 6) is 0.211. The number of piperazine rings is 1. The minimum atomic E-state index is -0.164. The van der Waals surface area contributed by atoms with Crippen molar-refractivity contribution < 1.29 is 14.4 Å². The van der Waals surface area contributed by atoms with E-state index in [0.717, 1.165) is 52.2 Å². The Morgan fingerprint density at radius 2 is 2.10 bits per heavy atom. The monoisotopic (exact) mass is 289 g/mol. The van der Waals surface area contributed by atoms with Crippen molar-refractivity contribution in [2.75, 3.05) is 32.8 Å². The summed E-state index contributed by atoms with van der Waals surface area (Å²) >= 11 is 0. The fourth-order valence-corrected chi connectivity index (χ4v) is 3.27. The molecular formula is C17H25N2O2+. The zero-order chi connectivity index (χ0) is 14.7. The first-order valence-electron chi connectivity index (χ1n) is 8.02. The molecule has 4 nitrogen and oxygen atoms in total. The zero-order valence-corrected chi connectivity index (χ0v) is 12.8. The lowest BCUT2D eigenvalue weighted by Gasteiger charge is -2.33. The van der Waals surface area contributed by atoms with Crippen molar-refractivity contribution in [2.45, 2.75) is 32.4 Å². The fourth-order valence-electron chi connectivity index (χ4n) is 3.27. The summed E-state index contributed by atoms with van der Waals surface area (Å²) in [7, 11) is 0. The third-order valence-electron chi connectivity index (χ3n) is 4.69. The molecule has 0 bridgehead atoms. The first-order chi connectivity index (χ1) is 10.2. The molecule has 114 valence electrons. The summed E-state index contributed by atoms with van der Waals surface area (Å²) in [4.78, 5) is 15.9. The number of carbonyl (C=O) groups is 1. The second-order valence-corrected chi connectivity index (χ2v) is 6.18. The number of aryl methyl sites for hydroxylation is 1. The van der Waals surface area contributed by atoms with Gasteiger partial charge in [0.25, 0.3) is 5.91 Å². The van der Waals surface area contributed by atoms with Crippen LogP contribution >= 0.6 is 0 Å². The number of quaternary nitrogens is 1. The van der Waals surface area contributed by atoms with Gasteiger partial charge in [-0.2, -0.15) is 0 Å². The molecule has 2 aliphatic heterocycles. The Balaban J connectivity index is 1.51. The molecule has 1 aromatic carbocycles. The number of rotatable bonds is 3. The molecule has 1 atom stereocenters. The quantitative estimate of drug-likeness (QED) is 0.874. The normalized spacial score (nSPS) is 23.5. The van der Waals surface area contributed by atoms with Gasteiger partial charge in [-0.05, 0) is 25.3 Å². The lowest BCUT2D eigenvalue weighted by atomic mass is 10.1. The number of hydrogen-bond donors (Lipinski definition) is 1. The van der Waals surface area contributed by atoms with Gasteiger partial charge in [0.2, 0.25) is 0 Å². The van der Waals surface area contributed by atoms with Crippen molar-refractivity contribution in [1.82, 2.24) is 4.90 Å². The molecule has 4 heteroatoms. The third kappa shape index (κ3) is 3.44. The second kappa shape index (κ2) is 6.58. The number of ether oxygens (including phenoxy) is 1. The van der Waals surface area contributed by atoms with Gasteiger partial charge < -0.3 is 14.5 Å². The van der Waals surface area contributed by atoms with E-state index in [2.05, 4.69) is 31.2 Å². The molecule has 0 aliphatic carbocycles. The highest BCUT2D eigenvalue weighted by Crippen LogP contribution is 2.14. The Labute approximate surface area is 126 Å². The largest absolute Gasteiger partial charge is 0.368 e. The van der Waals surface area contributed by atoms with Crippen LogP contribution in [0.15, 0.2) is 24.3 Å². The molecule has 2 aliphatic rings. The average Bonchev–Trinajstić information content (AvgIpc) is 3.04. The van der Waals surface area contributed by atoms with Crippen LogP contribution in [0.1, 0.15) is 24.0 Å². The van der Waals surface area contributed by atoms with E-state index in [-0.39, 0.29) is 12.0 Å². The summed E-state index contributed by atoms with van der Waals surface area (Å²) in [6.45, 7) is 7.77. The Bertz CT molecular complexity index is 489. The maximum atomic E-state index is 12.3. The molecule has 3 rings (SSSR count). The Hall–Kier alpha value is -1.39. The van der Waals surface area contributed by atoms with Crippen LogP contribution in [0.3, 0.4) is 0 Å². The topological polar surface area (TPSA) is 34.0 Å². The first kappa shape index (κ1) is 14.5. The standard InChI is InChI=1S/C17H24N2O2/c1-14-5-2-3-6-15(14)13-18-8-10-19(11-9-18)17(20)16-7-4-12-21-16/h2-3,5-6,16H,4,7-13H2,1H3/p+1/t16-/m1/s1. The van der Waals surface area contributed by atoms with Crippen LogP contribution in [0, 0.1) is 6.92 Å². The predicted octanol–water partition coefficient (Wildman–Crippen LogP) is 0.401. The molecule has 0 spiro atoms. The summed E-state index contributed by atoms with van der Waals surface area (Å²) < 4.78 is 5.51. The zero-order valence-electron chi connectivity index (χ0n) is 12.8. The number of benzene rings is 1. The van der Waals surface area contributed by atoms with E-state index in [1.807, 2.05) is 4.90 Å². The van der Waals surface area contributed by atoms with Crippen LogP contribution in [0.5, 0.6) is 0 Å². The van der Waals surface area contributed by atoms with E-state index in [4.69, 9.17) is 4.74 Å². The number of amides is 1. The van der Waals surface area contributed by atoms with Gasteiger partial charge >= 0.3 is 0 Å². The highest BCUT2D eigenvalue weighted by atomic mass is 16.5. The average molecular weight is 289 g/mol. The van der Waals surface area contributed by atoms with Gasteiger partial charge in [0.05, 0.1) is 26.2 Å². The van der Waals surface area contributed by atoms with E-state index in [1.54, 1.807) is 4.90 Å². The maximum Gasteiger partial charge on any atom is 0.252 e. The lowest BCUT2D eigenvalue weighted by molar-refractivity contribution is -0.917. The van der Waals surface area contributed by atoms with Crippen LogP contribution in [-0.2, 0) is 16.1 Å². The number of nitrogens with zero attached hydrogens (tertiary/aromatic N) is 1. The van der Waals surface area contributed by atoms with E-state index in [1.165, 1.54) is 11.1 Å². The predicted molar refractivity (Wildman–Crippen MR) is 81.1 cm³/mol. The molecule has 21 heavy (non-hydrogen) atoms. The van der Waals surface area contributed by atoms with Gasteiger partial charge in [-0.3, -0.25) is 4.79 Å². The Morgan fingerprint density at radius 1 is 1.33 bits per heavy atom. The molecule has 0 unspecified atom stereocenters. The van der Waals surface area contributed by atoms with E-state index in [0.29, 0.717) is 0 Å². The van der Waals surface area contributed by atoms with Crippen LogP contribution in [0.25, 0.3) is 0 Å². The molecule has 0 aromatic heterocycles. The van der Waals surface area contributed by atoms with Crippen LogP contribution in [0.2, 0.25) is 0 Å². The lowest BCUT2D eigenvalue weighted by Crippen LogP contribution is -3.13. The van der Waals surface area contributed by atoms with Gasteiger partial charge in [-0.25, -0.2) is 0 Å². The minimum Gasteiger partial charge on any atom is -0.368 e. The molecule has 2 heterocycles. The summed E-state index contributed by atoms with van der Waals surface area (Å²) in [5.41, 5.74) is 2.79. The van der Waals surface area contributed by atoms with Gasteiger partial charge in [-0.15, -0.1) is 0 Å². The van der Waals surface area contributed by atoms with Crippen molar-refractivity contribution in [3.63, 3.8) is 0 Å². The van der Waals surface area contributed by atoms with E-state index >= 15 is 0 Å². The van der Waals surface area contributed by atoms with E-state index in [9.17, 15) is 4.79 Å². The van der Waals surface area contributed by atoms with Crippen LogP contribution < -0.4 is 4.90 Å². The molecule has 1 aromatic rings. The minimum absolute atomic E-state index is 0.164. The summed E-state index contributed by atoms with van der Waals surface area (Å²) in [6, 6.07) is 8.59. The summed E-state index contributed by atoms with van der Waals surface area (Å²) in [6.07, 6.45) is 1.76. The number of carbonyl (C=O) groups excluding carboxylic acids is 1. The van der Waals surface area contributed by atoms with Gasteiger partial charge in [0.15, 0.2) is 0 Å². The third-order valence-corrected chi connectivity index (χ3v) is 4.69. The maximum absolute atomic E-state index is 12.3. The number of hydrogen-bond acceptors (Lipinski definition) is 2. The second-order valence-electron chi connectivity index (χ2n) is 6.18. The Morgan fingerprint density at radius 3 is 2.76 bits per heavy atom. The molecule has 0 saturated carbocycles. The van der Waals surface area contributed by atoms with Gasteiger partial charge in [0.1, 0.15) is 12.6 Å². The smallest absolute Gasteiger partial charge is 0.252 e. The molecule has 1 N–H and O–H groups in total. The van der Waals surface area contributed by atoms with Gasteiger partial charge in [0, 0.05) is 12.2 Å². The molecule has 1 amide bonds. The van der Waals surface area contributed by atoms with Crippen molar-refractivity contribution in [3.05, 3.63) is 35.4 Å². The van der Waals surface area contributed by atoms with Gasteiger partial charge in [-0.1, -0.05) is 24.3 Å². The van der Waals surface area contributed by atoms with Crippen molar-refractivity contribution in [2.24, 2.45) is 0 Å². The SMILES string of the molecule is Cc1ccccc1C[NH+]1CCN(C(=O)[C@H]2CCCO2)CC1. The van der Waals surface area contributed by atoms with Crippen molar-refractivity contribution in [1.29, 1.82) is 0 Å². The Kier molecular flexibility index (Phi) is 4.56. The first-order valence-corrected chi connectivity index (χ1v) is 8.02. The van der Waals surface area contributed by atoms with E-state index < -0.39 is 0 Å². The molecule has 0 radical (unpaired) electrons. The van der Waals surface area contributed by atoms with Crippen LogP contribution in [0.4, 0.5) is 0 Å². The van der Waals surface area contributed by atoms with Crippen molar-refractivity contribution >= 4 is 5.91 Å². The fraction of sp³-hybridized carbons (Fsp3) is 0.588. The highest BCUT2D eigenvalue weighted by molar-refractivity contribution is 5.81. The molecule has 2 fully saturated rings. The number of nitrogens with one attached hydrogen (secondary N) is 1. The van der Waals surface area contributed by atoms with Crippen LogP contribution in [-0.4, -0.2) is 49.7 Å². The molecule has 2 saturated heterocycles. The highest BCUT2D eigenvalue weighted by Gasteiger charge is 2.31. The summed E-state index contributed by atoms with van der Waals surface area (Å²) in [5, 5.41) is 0. The van der Waals surface area contributed by atoms with Crippen molar-refractivity contribution in [3.8, 4) is 0 Å². The molecular weight excluding hydrogens is 264 g/mol.